The topological polar surface area (TPSA) is 42.7 Å². The Hall–Kier alpha value is -1.72. The van der Waals surface area contributed by atoms with Gasteiger partial charge in [0.1, 0.15) is 0 Å². The minimum absolute atomic E-state index is 0.0514. The van der Waals surface area contributed by atoms with Gasteiger partial charge in [-0.05, 0) is 38.8 Å². The molecule has 0 saturated carbocycles. The fourth-order valence-electron chi connectivity index (χ4n) is 2.71. The molecule has 21 heavy (non-hydrogen) atoms. The second-order valence-corrected chi connectivity index (χ2v) is 5.70. The molecule has 0 radical (unpaired) electrons. The predicted molar refractivity (Wildman–Crippen MR) is 88.2 cm³/mol. The molecule has 1 unspecified atom stereocenters. The van der Waals surface area contributed by atoms with Crippen LogP contribution < -0.4 is 5.32 Å². The van der Waals surface area contributed by atoms with E-state index < -0.39 is 0 Å². The zero-order valence-electron chi connectivity index (χ0n) is 12.0. The van der Waals surface area contributed by atoms with E-state index in [9.17, 15) is 0 Å². The minimum atomic E-state index is 0.0514. The summed E-state index contributed by atoms with van der Waals surface area (Å²) in [6.45, 7) is 2.97. The standard InChI is InChI=1S/C16H17BrN4/c1-3-18-14(15-16(17)19-20-21(15)2)13-10-6-8-11-7-4-5-9-12(11)13/h4-10,14,18H,3H2,1-2H3. The van der Waals surface area contributed by atoms with Crippen LogP contribution in [0.4, 0.5) is 0 Å². The molecule has 0 amide bonds. The van der Waals surface area contributed by atoms with Crippen LogP contribution in [-0.2, 0) is 7.05 Å². The molecule has 0 bridgehead atoms. The summed E-state index contributed by atoms with van der Waals surface area (Å²) in [7, 11) is 1.92. The molecule has 0 spiro atoms. The average Bonchev–Trinajstić information content (AvgIpc) is 2.84. The Kier molecular flexibility index (Phi) is 4.03. The summed E-state index contributed by atoms with van der Waals surface area (Å²) in [4.78, 5) is 0. The number of aryl methyl sites for hydroxylation is 1. The summed E-state index contributed by atoms with van der Waals surface area (Å²) in [5.74, 6) is 0. The Balaban J connectivity index is 2.21. The van der Waals surface area contributed by atoms with Crippen molar-refractivity contribution in [2.45, 2.75) is 13.0 Å². The summed E-state index contributed by atoms with van der Waals surface area (Å²) < 4.78 is 2.60. The number of halogens is 1. The normalized spacial score (nSPS) is 12.7. The van der Waals surface area contributed by atoms with Crippen LogP contribution in [0.25, 0.3) is 10.8 Å². The molecule has 1 heterocycles. The van der Waals surface area contributed by atoms with Crippen molar-refractivity contribution in [2.75, 3.05) is 6.54 Å². The average molecular weight is 345 g/mol. The van der Waals surface area contributed by atoms with E-state index in [1.807, 2.05) is 11.7 Å². The molecule has 3 aromatic rings. The van der Waals surface area contributed by atoms with E-state index in [4.69, 9.17) is 0 Å². The molecule has 1 atom stereocenters. The maximum atomic E-state index is 4.11. The van der Waals surface area contributed by atoms with Crippen molar-refractivity contribution in [1.29, 1.82) is 0 Å². The maximum Gasteiger partial charge on any atom is 0.153 e. The predicted octanol–water partition coefficient (Wildman–Crippen LogP) is 3.43. The molecule has 0 fully saturated rings. The van der Waals surface area contributed by atoms with Crippen LogP contribution in [0.15, 0.2) is 47.1 Å². The van der Waals surface area contributed by atoms with Crippen LogP contribution in [0, 0.1) is 0 Å². The van der Waals surface area contributed by atoms with Crippen LogP contribution in [0.3, 0.4) is 0 Å². The van der Waals surface area contributed by atoms with Crippen LogP contribution in [0.1, 0.15) is 24.2 Å². The summed E-state index contributed by atoms with van der Waals surface area (Å²) in [5.41, 5.74) is 2.27. The lowest BCUT2D eigenvalue weighted by Crippen LogP contribution is -2.24. The zero-order chi connectivity index (χ0) is 14.8. The lowest BCUT2D eigenvalue weighted by Gasteiger charge is -2.20. The lowest BCUT2D eigenvalue weighted by atomic mass is 9.97. The van der Waals surface area contributed by atoms with Gasteiger partial charge >= 0.3 is 0 Å². The van der Waals surface area contributed by atoms with Gasteiger partial charge < -0.3 is 5.32 Å². The highest BCUT2D eigenvalue weighted by Crippen LogP contribution is 2.31. The van der Waals surface area contributed by atoms with Gasteiger partial charge in [-0.3, -0.25) is 0 Å². The van der Waals surface area contributed by atoms with E-state index in [1.54, 1.807) is 0 Å². The van der Waals surface area contributed by atoms with Gasteiger partial charge in [0.05, 0.1) is 11.7 Å². The monoisotopic (exact) mass is 344 g/mol. The highest BCUT2D eigenvalue weighted by atomic mass is 79.9. The molecule has 0 aliphatic carbocycles. The number of aromatic nitrogens is 3. The van der Waals surface area contributed by atoms with E-state index in [0.29, 0.717) is 0 Å². The molecule has 0 aliphatic heterocycles. The molecular formula is C16H17BrN4. The highest BCUT2D eigenvalue weighted by molar-refractivity contribution is 9.10. The molecular weight excluding hydrogens is 328 g/mol. The maximum absolute atomic E-state index is 4.11. The van der Waals surface area contributed by atoms with E-state index in [2.05, 4.69) is 80.9 Å². The van der Waals surface area contributed by atoms with E-state index in [1.165, 1.54) is 16.3 Å². The Morgan fingerprint density at radius 3 is 2.67 bits per heavy atom. The first-order valence-corrected chi connectivity index (χ1v) is 7.77. The van der Waals surface area contributed by atoms with Crippen LogP contribution in [0.2, 0.25) is 0 Å². The summed E-state index contributed by atoms with van der Waals surface area (Å²) in [6, 6.07) is 14.9. The molecule has 5 heteroatoms. The van der Waals surface area contributed by atoms with E-state index in [-0.39, 0.29) is 6.04 Å². The number of rotatable bonds is 4. The van der Waals surface area contributed by atoms with Gasteiger partial charge in [-0.1, -0.05) is 54.6 Å². The third-order valence-electron chi connectivity index (χ3n) is 3.64. The van der Waals surface area contributed by atoms with Crippen molar-refractivity contribution in [1.82, 2.24) is 20.3 Å². The summed E-state index contributed by atoms with van der Waals surface area (Å²) >= 11 is 3.51. The molecule has 3 rings (SSSR count). The SMILES string of the molecule is CCNC(c1cccc2ccccc12)c1c(Br)nnn1C. The number of nitrogens with one attached hydrogen (secondary N) is 1. The molecule has 0 saturated heterocycles. The zero-order valence-corrected chi connectivity index (χ0v) is 13.6. The van der Waals surface area contributed by atoms with Gasteiger partial charge in [0, 0.05) is 7.05 Å². The molecule has 0 aliphatic rings. The van der Waals surface area contributed by atoms with Gasteiger partial charge in [0.25, 0.3) is 0 Å². The van der Waals surface area contributed by atoms with Gasteiger partial charge in [0.15, 0.2) is 4.60 Å². The van der Waals surface area contributed by atoms with Crippen molar-refractivity contribution in [2.24, 2.45) is 7.05 Å². The fourth-order valence-corrected chi connectivity index (χ4v) is 3.26. The Labute approximate surface area is 132 Å². The van der Waals surface area contributed by atoms with E-state index >= 15 is 0 Å². The number of nitrogens with zero attached hydrogens (tertiary/aromatic N) is 3. The molecule has 108 valence electrons. The Morgan fingerprint density at radius 1 is 1.19 bits per heavy atom. The van der Waals surface area contributed by atoms with Crippen molar-refractivity contribution >= 4 is 26.7 Å². The van der Waals surface area contributed by atoms with Crippen LogP contribution in [0.5, 0.6) is 0 Å². The van der Waals surface area contributed by atoms with Crippen LogP contribution >= 0.6 is 15.9 Å². The van der Waals surface area contributed by atoms with Crippen molar-refractivity contribution in [3.8, 4) is 0 Å². The molecule has 4 nitrogen and oxygen atoms in total. The fraction of sp³-hybridized carbons (Fsp3) is 0.250. The Bertz CT molecular complexity index is 741. The first-order chi connectivity index (χ1) is 10.2. The van der Waals surface area contributed by atoms with Gasteiger partial charge in [0.2, 0.25) is 0 Å². The van der Waals surface area contributed by atoms with Crippen molar-refractivity contribution in [3.63, 3.8) is 0 Å². The first kappa shape index (κ1) is 14.2. The largest absolute Gasteiger partial charge is 0.305 e. The smallest absolute Gasteiger partial charge is 0.153 e. The Morgan fingerprint density at radius 2 is 1.95 bits per heavy atom. The molecule has 2 aromatic carbocycles. The summed E-state index contributed by atoms with van der Waals surface area (Å²) in [5, 5.41) is 14.3. The first-order valence-electron chi connectivity index (χ1n) is 6.98. The summed E-state index contributed by atoms with van der Waals surface area (Å²) in [6.07, 6.45) is 0. The van der Waals surface area contributed by atoms with Gasteiger partial charge in [-0.15, -0.1) is 5.10 Å². The number of hydrogen-bond donors (Lipinski definition) is 1. The third kappa shape index (κ3) is 2.59. The van der Waals surface area contributed by atoms with Gasteiger partial charge in [-0.25, -0.2) is 4.68 Å². The van der Waals surface area contributed by atoms with Crippen LogP contribution in [-0.4, -0.2) is 21.5 Å². The van der Waals surface area contributed by atoms with Crippen molar-refractivity contribution < 1.29 is 0 Å². The molecule has 1 aromatic heterocycles. The van der Waals surface area contributed by atoms with E-state index in [0.717, 1.165) is 16.8 Å². The lowest BCUT2D eigenvalue weighted by molar-refractivity contribution is 0.570. The number of fused-ring (bicyclic) bond motifs is 1. The third-order valence-corrected chi connectivity index (χ3v) is 4.21. The second kappa shape index (κ2) is 5.95. The van der Waals surface area contributed by atoms with Gasteiger partial charge in [-0.2, -0.15) is 0 Å². The highest BCUT2D eigenvalue weighted by Gasteiger charge is 2.22. The minimum Gasteiger partial charge on any atom is -0.305 e. The quantitative estimate of drug-likeness (QED) is 0.788. The second-order valence-electron chi connectivity index (χ2n) is 4.95. The number of benzene rings is 2. The number of hydrogen-bond acceptors (Lipinski definition) is 3. The van der Waals surface area contributed by atoms with Crippen molar-refractivity contribution in [3.05, 3.63) is 58.3 Å². The molecule has 1 N–H and O–H groups in total.